The molecule has 2 N–H and O–H groups in total. The van der Waals surface area contributed by atoms with Gasteiger partial charge in [0.1, 0.15) is 4.32 Å². The summed E-state index contributed by atoms with van der Waals surface area (Å²) in [6, 6.07) is -0.150. The number of hydrogen-bond acceptors (Lipinski definition) is 2. The third-order valence-corrected chi connectivity index (χ3v) is 1.10. The van der Waals surface area contributed by atoms with Crippen molar-refractivity contribution >= 4 is 35.1 Å². The molecular weight excluding hydrogens is 170 g/mol. The Morgan fingerprint density at radius 2 is 2.40 bits per heavy atom. The van der Waals surface area contributed by atoms with Gasteiger partial charge in [-0.25, -0.2) is 0 Å². The molecule has 0 aliphatic rings. The van der Waals surface area contributed by atoms with Gasteiger partial charge < -0.3 is 10.4 Å². The maximum absolute atomic E-state index is 10.1. The lowest BCUT2D eigenvalue weighted by atomic mass is 10.2. The number of carboxylic acids is 1. The molecule has 58 valence electrons. The lowest BCUT2D eigenvalue weighted by Crippen LogP contribution is -2.30. The lowest BCUT2D eigenvalue weighted by molar-refractivity contribution is -0.137. The number of hydrogen-bond donors (Lipinski definition) is 3. The normalized spacial score (nSPS) is 12.2. The highest BCUT2D eigenvalue weighted by Gasteiger charge is 2.05. The van der Waals surface area contributed by atoms with Crippen molar-refractivity contribution in [2.45, 2.75) is 19.4 Å². The predicted octanol–water partition coefficient (Wildman–Crippen LogP) is 0.654. The van der Waals surface area contributed by atoms with Crippen LogP contribution >= 0.6 is 24.8 Å². The Kier molecular flexibility index (Phi) is 4.38. The molecule has 1 unspecified atom stereocenters. The van der Waals surface area contributed by atoms with E-state index in [-0.39, 0.29) is 12.5 Å². The van der Waals surface area contributed by atoms with E-state index in [1.54, 1.807) is 6.92 Å². The van der Waals surface area contributed by atoms with Crippen molar-refractivity contribution in [2.75, 3.05) is 0 Å². The molecule has 10 heavy (non-hydrogen) atoms. The monoisotopic (exact) mass is 179 g/mol. The number of carbonyl (C=O) groups is 1. The molecule has 0 radical (unpaired) electrons. The highest BCUT2D eigenvalue weighted by atomic mass is 32.1. The van der Waals surface area contributed by atoms with Crippen molar-refractivity contribution < 1.29 is 9.90 Å². The van der Waals surface area contributed by atoms with E-state index in [1.807, 2.05) is 0 Å². The van der Waals surface area contributed by atoms with E-state index in [1.165, 1.54) is 0 Å². The summed E-state index contributed by atoms with van der Waals surface area (Å²) in [5.41, 5.74) is 0. The van der Waals surface area contributed by atoms with E-state index in [0.717, 1.165) is 0 Å². The first kappa shape index (κ1) is 9.71. The van der Waals surface area contributed by atoms with Gasteiger partial charge in [-0.3, -0.25) is 4.79 Å². The summed E-state index contributed by atoms with van der Waals surface area (Å²) in [5, 5.41) is 11.0. The molecule has 0 aromatic rings. The molecule has 5 heteroatoms. The van der Waals surface area contributed by atoms with E-state index in [4.69, 9.17) is 5.11 Å². The van der Waals surface area contributed by atoms with Crippen LogP contribution in [0.3, 0.4) is 0 Å². The Balaban J connectivity index is 3.53. The van der Waals surface area contributed by atoms with Crippen LogP contribution < -0.4 is 5.32 Å². The highest BCUT2D eigenvalue weighted by molar-refractivity contribution is 8.11. The largest absolute Gasteiger partial charge is 0.481 e. The molecule has 3 nitrogen and oxygen atoms in total. The summed E-state index contributed by atoms with van der Waals surface area (Å²) < 4.78 is 0.328. The molecule has 0 heterocycles. The number of aliphatic carboxylic acids is 1. The minimum atomic E-state index is -0.843. The maximum atomic E-state index is 10.1. The van der Waals surface area contributed by atoms with Gasteiger partial charge in [0.15, 0.2) is 0 Å². The molecule has 0 amide bonds. The third kappa shape index (κ3) is 5.84. The quantitative estimate of drug-likeness (QED) is 0.440. The van der Waals surface area contributed by atoms with E-state index in [2.05, 4.69) is 30.2 Å². The van der Waals surface area contributed by atoms with Gasteiger partial charge in [0, 0.05) is 6.04 Å². The van der Waals surface area contributed by atoms with Gasteiger partial charge in [0.25, 0.3) is 0 Å². The van der Waals surface area contributed by atoms with Gasteiger partial charge in [-0.1, -0.05) is 12.2 Å². The fraction of sp³-hybridized carbons (Fsp3) is 0.600. The Morgan fingerprint density at radius 3 is 2.70 bits per heavy atom. The van der Waals surface area contributed by atoms with Gasteiger partial charge in [0.05, 0.1) is 6.42 Å². The van der Waals surface area contributed by atoms with E-state index >= 15 is 0 Å². The van der Waals surface area contributed by atoms with Crippen LogP contribution in [0, 0.1) is 0 Å². The SMILES string of the molecule is CC(CC(=O)O)NC(=S)S. The molecule has 0 aliphatic carbocycles. The van der Waals surface area contributed by atoms with Crippen LogP contribution in [0.1, 0.15) is 13.3 Å². The Morgan fingerprint density at radius 1 is 1.90 bits per heavy atom. The Bertz CT molecular complexity index is 133. The fourth-order valence-electron chi connectivity index (χ4n) is 0.524. The highest BCUT2D eigenvalue weighted by Crippen LogP contribution is 1.91. The second kappa shape index (κ2) is 4.51. The summed E-state index contributed by atoms with van der Waals surface area (Å²) in [4.78, 5) is 10.1. The van der Waals surface area contributed by atoms with E-state index in [0.29, 0.717) is 4.32 Å². The molecule has 0 rings (SSSR count). The minimum Gasteiger partial charge on any atom is -0.481 e. The van der Waals surface area contributed by atoms with Crippen LogP contribution in [-0.4, -0.2) is 21.4 Å². The molecular formula is C5H9NO2S2. The summed E-state index contributed by atoms with van der Waals surface area (Å²) in [5.74, 6) is -0.843. The van der Waals surface area contributed by atoms with Gasteiger partial charge in [-0.15, -0.1) is 12.6 Å². The van der Waals surface area contributed by atoms with Crippen molar-refractivity contribution in [2.24, 2.45) is 0 Å². The van der Waals surface area contributed by atoms with Gasteiger partial charge in [-0.2, -0.15) is 0 Å². The molecule has 0 spiro atoms. The molecule has 0 aromatic carbocycles. The van der Waals surface area contributed by atoms with Gasteiger partial charge >= 0.3 is 5.97 Å². The maximum Gasteiger partial charge on any atom is 0.305 e. The second-order valence-electron chi connectivity index (χ2n) is 1.95. The summed E-state index contributed by atoms with van der Waals surface area (Å²) in [6.45, 7) is 1.73. The van der Waals surface area contributed by atoms with E-state index in [9.17, 15) is 4.79 Å². The molecule has 0 aromatic heterocycles. The Labute approximate surface area is 70.2 Å². The zero-order valence-corrected chi connectivity index (χ0v) is 7.21. The van der Waals surface area contributed by atoms with Crippen LogP contribution in [0.4, 0.5) is 0 Å². The summed E-state index contributed by atoms with van der Waals surface area (Å²) >= 11 is 8.37. The molecule has 0 aliphatic heterocycles. The van der Waals surface area contributed by atoms with Gasteiger partial charge in [-0.05, 0) is 6.92 Å². The average Bonchev–Trinajstić information content (AvgIpc) is 1.58. The van der Waals surface area contributed by atoms with Crippen molar-refractivity contribution in [1.29, 1.82) is 0 Å². The summed E-state index contributed by atoms with van der Waals surface area (Å²) in [7, 11) is 0. The second-order valence-corrected chi connectivity index (χ2v) is 3.11. The predicted molar refractivity (Wildman–Crippen MR) is 46.4 cm³/mol. The number of thiocarbonyl (C=S) groups is 1. The number of nitrogens with one attached hydrogen (secondary N) is 1. The molecule has 0 bridgehead atoms. The number of rotatable bonds is 3. The van der Waals surface area contributed by atoms with Crippen LogP contribution in [0.5, 0.6) is 0 Å². The van der Waals surface area contributed by atoms with Crippen LogP contribution in [0.25, 0.3) is 0 Å². The lowest BCUT2D eigenvalue weighted by Gasteiger charge is -2.09. The zero-order valence-electron chi connectivity index (χ0n) is 5.50. The van der Waals surface area contributed by atoms with Crippen molar-refractivity contribution in [1.82, 2.24) is 5.32 Å². The molecule has 1 atom stereocenters. The third-order valence-electron chi connectivity index (χ3n) is 0.851. The molecule has 0 saturated carbocycles. The number of carboxylic acid groups (broad SMARTS) is 1. The zero-order chi connectivity index (χ0) is 8.15. The van der Waals surface area contributed by atoms with E-state index < -0.39 is 5.97 Å². The van der Waals surface area contributed by atoms with Crippen LogP contribution in [0.2, 0.25) is 0 Å². The van der Waals surface area contributed by atoms with Crippen LogP contribution in [-0.2, 0) is 4.79 Å². The average molecular weight is 179 g/mol. The standard InChI is InChI=1S/C5H9NO2S2/c1-3(2-4(7)8)6-5(9)10/h3H,2H2,1H3,(H,7,8)(H2,6,9,10). The van der Waals surface area contributed by atoms with Crippen molar-refractivity contribution in [3.8, 4) is 0 Å². The first-order valence-corrected chi connectivity index (χ1v) is 3.59. The first-order valence-electron chi connectivity index (χ1n) is 2.73. The van der Waals surface area contributed by atoms with Crippen molar-refractivity contribution in [3.63, 3.8) is 0 Å². The topological polar surface area (TPSA) is 49.3 Å². The molecule has 0 saturated heterocycles. The fourth-order valence-corrected chi connectivity index (χ4v) is 0.945. The first-order chi connectivity index (χ1) is 4.52. The van der Waals surface area contributed by atoms with Crippen molar-refractivity contribution in [3.05, 3.63) is 0 Å². The smallest absolute Gasteiger partial charge is 0.305 e. The summed E-state index contributed by atoms with van der Waals surface area (Å²) in [6.07, 6.45) is 0.0562. The molecule has 0 fully saturated rings. The number of thiol groups is 1. The van der Waals surface area contributed by atoms with Gasteiger partial charge in [0.2, 0.25) is 0 Å². The van der Waals surface area contributed by atoms with Crippen LogP contribution in [0.15, 0.2) is 0 Å². The Hall–Kier alpha value is -0.290. The minimum absolute atomic E-state index is 0.0562.